The van der Waals surface area contributed by atoms with Gasteiger partial charge in [-0.05, 0) is 0 Å². The summed E-state index contributed by atoms with van der Waals surface area (Å²) >= 11 is 1.55. The molecule has 0 aliphatic rings. The molecule has 0 heterocycles. The Kier molecular flexibility index (Phi) is 20.5. The van der Waals surface area contributed by atoms with E-state index in [2.05, 4.69) is 13.2 Å². The molecule has 0 saturated heterocycles. The van der Waals surface area contributed by atoms with Gasteiger partial charge in [0.15, 0.2) is 0 Å². The Morgan fingerprint density at radius 1 is 1.00 bits per heavy atom. The quantitative estimate of drug-likeness (QED) is 0.453. The number of hydrogen-bond donors (Lipinski definition) is 2. The first-order chi connectivity index (χ1) is 4.41. The first-order valence-corrected chi connectivity index (χ1v) is 3.86. The van der Waals surface area contributed by atoms with Crippen LogP contribution in [0.1, 0.15) is 0 Å². The van der Waals surface area contributed by atoms with Crippen LogP contribution >= 0.6 is 11.8 Å². The normalized spacial score (nSPS) is 7.78. The summed E-state index contributed by atoms with van der Waals surface area (Å²) in [6.07, 6.45) is 0. The van der Waals surface area contributed by atoms with E-state index < -0.39 is 0 Å². The standard InChI is InChI=1S/C4H10O2S.C2H4/c5-1-3-7-4-2-6;1-2/h5-6H,1-4H2;1-2H2. The van der Waals surface area contributed by atoms with Crippen LogP contribution in [0.2, 0.25) is 0 Å². The molecule has 56 valence electrons. The molecule has 0 radical (unpaired) electrons. The number of hydrogen-bond acceptors (Lipinski definition) is 3. The van der Waals surface area contributed by atoms with Crippen LogP contribution in [0.25, 0.3) is 0 Å². The Balaban J connectivity index is 0. The smallest absolute Gasteiger partial charge is 0.0521 e. The van der Waals surface area contributed by atoms with Gasteiger partial charge in [-0.2, -0.15) is 11.8 Å². The maximum absolute atomic E-state index is 8.19. The third-order valence-electron chi connectivity index (χ3n) is 0.471. The Morgan fingerprint density at radius 3 is 1.56 bits per heavy atom. The van der Waals surface area contributed by atoms with Crippen LogP contribution in [-0.4, -0.2) is 34.9 Å². The molecule has 0 aromatic rings. The van der Waals surface area contributed by atoms with Gasteiger partial charge in [0.25, 0.3) is 0 Å². The zero-order valence-corrected chi connectivity index (χ0v) is 6.36. The van der Waals surface area contributed by atoms with E-state index in [0.717, 1.165) is 11.5 Å². The predicted octanol–water partition coefficient (Wildman–Crippen LogP) is 0.506. The summed E-state index contributed by atoms with van der Waals surface area (Å²) in [5.41, 5.74) is 0. The van der Waals surface area contributed by atoms with Gasteiger partial charge in [-0.15, -0.1) is 13.2 Å². The van der Waals surface area contributed by atoms with Crippen molar-refractivity contribution in [3.63, 3.8) is 0 Å². The molecule has 0 aliphatic heterocycles. The highest BCUT2D eigenvalue weighted by atomic mass is 32.2. The van der Waals surface area contributed by atoms with Crippen LogP contribution in [-0.2, 0) is 0 Å². The third kappa shape index (κ3) is 18.0. The van der Waals surface area contributed by atoms with Crippen molar-refractivity contribution < 1.29 is 10.2 Å². The fourth-order valence-corrected chi connectivity index (χ4v) is 0.693. The number of rotatable bonds is 4. The predicted molar refractivity (Wildman–Crippen MR) is 42.8 cm³/mol. The van der Waals surface area contributed by atoms with Gasteiger partial charge in [-0.25, -0.2) is 0 Å². The highest BCUT2D eigenvalue weighted by Gasteiger charge is 1.81. The highest BCUT2D eigenvalue weighted by Crippen LogP contribution is 1.94. The Bertz CT molecular complexity index is 38.0. The SMILES string of the molecule is C=C.OCCSCCO. The fourth-order valence-electron chi connectivity index (χ4n) is 0.231. The van der Waals surface area contributed by atoms with Crippen LogP contribution in [0.5, 0.6) is 0 Å². The molecule has 0 unspecified atom stereocenters. The molecule has 0 amide bonds. The second-order valence-electron chi connectivity index (χ2n) is 1.06. The highest BCUT2D eigenvalue weighted by molar-refractivity contribution is 7.99. The molecule has 0 aromatic carbocycles. The number of aliphatic hydroxyl groups is 2. The summed E-state index contributed by atoms with van der Waals surface area (Å²) in [6, 6.07) is 0. The van der Waals surface area contributed by atoms with E-state index in [4.69, 9.17) is 10.2 Å². The lowest BCUT2D eigenvalue weighted by Gasteiger charge is -1.90. The molecule has 3 heteroatoms. The van der Waals surface area contributed by atoms with Crippen LogP contribution in [0, 0.1) is 0 Å². The van der Waals surface area contributed by atoms with Crippen molar-refractivity contribution in [3.8, 4) is 0 Å². The van der Waals surface area contributed by atoms with E-state index in [1.165, 1.54) is 0 Å². The molecule has 0 aliphatic carbocycles. The molecule has 2 nitrogen and oxygen atoms in total. The minimum atomic E-state index is 0.213. The van der Waals surface area contributed by atoms with Gasteiger partial charge in [0.05, 0.1) is 13.2 Å². The van der Waals surface area contributed by atoms with Crippen LogP contribution in [0.4, 0.5) is 0 Å². The molecular weight excluding hydrogens is 136 g/mol. The topological polar surface area (TPSA) is 40.5 Å². The van der Waals surface area contributed by atoms with E-state index in [-0.39, 0.29) is 13.2 Å². The van der Waals surface area contributed by atoms with Gasteiger partial charge in [0.1, 0.15) is 0 Å². The van der Waals surface area contributed by atoms with Gasteiger partial charge >= 0.3 is 0 Å². The summed E-state index contributed by atoms with van der Waals surface area (Å²) in [5, 5.41) is 16.4. The van der Waals surface area contributed by atoms with E-state index >= 15 is 0 Å². The lowest BCUT2D eigenvalue weighted by atomic mass is 10.9. The Morgan fingerprint density at radius 2 is 1.33 bits per heavy atom. The molecule has 9 heavy (non-hydrogen) atoms. The van der Waals surface area contributed by atoms with Crippen LogP contribution in [0.3, 0.4) is 0 Å². The summed E-state index contributed by atoms with van der Waals surface area (Å²) in [6.45, 7) is 6.43. The van der Waals surface area contributed by atoms with Crippen molar-refractivity contribution in [2.24, 2.45) is 0 Å². The van der Waals surface area contributed by atoms with Crippen molar-refractivity contribution in [1.29, 1.82) is 0 Å². The lowest BCUT2D eigenvalue weighted by Crippen LogP contribution is -1.91. The Labute approximate surface area is 60.6 Å². The average molecular weight is 150 g/mol. The van der Waals surface area contributed by atoms with Gasteiger partial charge in [-0.1, -0.05) is 0 Å². The maximum atomic E-state index is 8.19. The molecule has 2 N–H and O–H groups in total. The van der Waals surface area contributed by atoms with Crippen molar-refractivity contribution in [3.05, 3.63) is 13.2 Å². The number of aliphatic hydroxyl groups excluding tert-OH is 2. The monoisotopic (exact) mass is 150 g/mol. The van der Waals surface area contributed by atoms with Gasteiger partial charge in [0, 0.05) is 11.5 Å². The molecule has 0 atom stereocenters. The second-order valence-corrected chi connectivity index (χ2v) is 2.28. The van der Waals surface area contributed by atoms with Crippen molar-refractivity contribution in [1.82, 2.24) is 0 Å². The molecule has 0 aromatic heterocycles. The minimum absolute atomic E-state index is 0.213. The summed E-state index contributed by atoms with van der Waals surface area (Å²) in [4.78, 5) is 0. The molecule has 0 spiro atoms. The van der Waals surface area contributed by atoms with Crippen LogP contribution in [0.15, 0.2) is 13.2 Å². The van der Waals surface area contributed by atoms with Crippen molar-refractivity contribution in [2.45, 2.75) is 0 Å². The fraction of sp³-hybridized carbons (Fsp3) is 0.667. The van der Waals surface area contributed by atoms with E-state index in [9.17, 15) is 0 Å². The molecular formula is C6H14O2S. The summed E-state index contributed by atoms with van der Waals surface area (Å²) < 4.78 is 0. The third-order valence-corrected chi connectivity index (χ3v) is 1.41. The molecule has 0 bridgehead atoms. The average Bonchev–Trinajstić information content (AvgIpc) is 1.94. The number of thioether (sulfide) groups is 1. The van der Waals surface area contributed by atoms with Gasteiger partial charge in [-0.3, -0.25) is 0 Å². The van der Waals surface area contributed by atoms with E-state index in [1.807, 2.05) is 0 Å². The van der Waals surface area contributed by atoms with E-state index in [1.54, 1.807) is 11.8 Å². The second kappa shape index (κ2) is 15.7. The summed E-state index contributed by atoms with van der Waals surface area (Å²) in [7, 11) is 0. The minimum Gasteiger partial charge on any atom is -0.396 e. The van der Waals surface area contributed by atoms with Gasteiger partial charge in [0.2, 0.25) is 0 Å². The van der Waals surface area contributed by atoms with E-state index in [0.29, 0.717) is 0 Å². The Hall–Kier alpha value is 0.01000. The zero-order chi connectivity index (χ0) is 7.54. The zero-order valence-electron chi connectivity index (χ0n) is 5.55. The van der Waals surface area contributed by atoms with Crippen molar-refractivity contribution in [2.75, 3.05) is 24.7 Å². The molecule has 0 rings (SSSR count). The van der Waals surface area contributed by atoms with Gasteiger partial charge < -0.3 is 10.2 Å². The summed E-state index contributed by atoms with van der Waals surface area (Å²) in [5.74, 6) is 1.47. The largest absolute Gasteiger partial charge is 0.396 e. The first-order valence-electron chi connectivity index (χ1n) is 2.71. The first kappa shape index (κ1) is 11.8. The lowest BCUT2D eigenvalue weighted by molar-refractivity contribution is 0.318. The molecule has 0 saturated carbocycles. The maximum Gasteiger partial charge on any atom is 0.0521 e. The molecule has 0 fully saturated rings. The van der Waals surface area contributed by atoms with Crippen molar-refractivity contribution >= 4 is 11.8 Å². The van der Waals surface area contributed by atoms with Crippen LogP contribution < -0.4 is 0 Å².